The first-order valence-electron chi connectivity index (χ1n) is 6.18. The molecule has 1 nitrogen and oxygen atoms in total. The predicted octanol–water partition coefficient (Wildman–Crippen LogP) is 4.35. The van der Waals surface area contributed by atoms with Crippen LogP contribution in [-0.4, -0.2) is 5.78 Å². The molecule has 0 aromatic heterocycles. The van der Waals surface area contributed by atoms with E-state index in [1.807, 2.05) is 43.4 Å². The van der Waals surface area contributed by atoms with Crippen molar-refractivity contribution in [3.63, 3.8) is 0 Å². The zero-order valence-corrected chi connectivity index (χ0v) is 11.3. The van der Waals surface area contributed by atoms with Crippen LogP contribution in [0.4, 0.5) is 0 Å². The number of carbonyl (C=O) groups is 1. The van der Waals surface area contributed by atoms with E-state index < -0.39 is 0 Å². The van der Waals surface area contributed by atoms with Gasteiger partial charge in [0, 0.05) is 6.42 Å². The van der Waals surface area contributed by atoms with Crippen molar-refractivity contribution in [2.75, 3.05) is 0 Å². The lowest BCUT2D eigenvalue weighted by atomic mass is 10.0. The van der Waals surface area contributed by atoms with Gasteiger partial charge in [0.1, 0.15) is 5.78 Å². The molecule has 1 rings (SSSR count). The van der Waals surface area contributed by atoms with Gasteiger partial charge in [-0.3, -0.25) is 4.79 Å². The molecule has 0 heterocycles. The molecule has 0 unspecified atom stereocenters. The van der Waals surface area contributed by atoms with Crippen LogP contribution in [0.5, 0.6) is 0 Å². The summed E-state index contributed by atoms with van der Waals surface area (Å²) in [7, 11) is 0. The second-order valence-corrected chi connectivity index (χ2v) is 4.34. The second kappa shape index (κ2) is 7.44. The van der Waals surface area contributed by atoms with Crippen LogP contribution < -0.4 is 0 Å². The topological polar surface area (TPSA) is 17.1 Å². The Kier molecular flexibility index (Phi) is 5.86. The maximum absolute atomic E-state index is 11.0. The lowest BCUT2D eigenvalue weighted by molar-refractivity contribution is -0.116. The fourth-order valence-electron chi connectivity index (χ4n) is 1.64. The molecular weight excluding hydrogens is 220 g/mol. The van der Waals surface area contributed by atoms with Crippen LogP contribution >= 0.6 is 0 Å². The molecule has 0 aliphatic carbocycles. The molecular formula is C17H20O. The minimum absolute atomic E-state index is 0.198. The van der Waals surface area contributed by atoms with E-state index in [4.69, 9.17) is 0 Å². The van der Waals surface area contributed by atoms with Crippen LogP contribution in [0.3, 0.4) is 0 Å². The van der Waals surface area contributed by atoms with Crippen molar-refractivity contribution in [1.82, 2.24) is 0 Å². The Labute approximate surface area is 110 Å². The van der Waals surface area contributed by atoms with Crippen molar-refractivity contribution < 1.29 is 4.79 Å². The highest BCUT2D eigenvalue weighted by Crippen LogP contribution is 2.15. The maximum Gasteiger partial charge on any atom is 0.134 e. The van der Waals surface area contributed by atoms with Gasteiger partial charge in [-0.25, -0.2) is 0 Å². The van der Waals surface area contributed by atoms with E-state index in [0.717, 1.165) is 5.56 Å². The minimum Gasteiger partial charge on any atom is -0.300 e. The van der Waals surface area contributed by atoms with E-state index in [2.05, 4.69) is 25.1 Å². The van der Waals surface area contributed by atoms with E-state index in [1.165, 1.54) is 11.1 Å². The minimum atomic E-state index is 0.198. The Bertz CT molecular complexity index is 473. The molecule has 0 atom stereocenters. The average Bonchev–Trinajstić information content (AvgIpc) is 2.34. The summed E-state index contributed by atoms with van der Waals surface area (Å²) in [4.78, 5) is 11.0. The van der Waals surface area contributed by atoms with Gasteiger partial charge in [0.05, 0.1) is 0 Å². The summed E-state index contributed by atoms with van der Waals surface area (Å²) in [5, 5.41) is 0. The molecule has 0 bridgehead atoms. The third-order valence-corrected chi connectivity index (χ3v) is 2.62. The van der Waals surface area contributed by atoms with Gasteiger partial charge in [-0.05, 0) is 37.5 Å². The fraction of sp³-hybridized carbons (Fsp3) is 0.235. The SMILES string of the molecule is C\C=C/C=C\C=C(/C)c1ccc(CC(C)=O)cc1. The molecule has 0 fully saturated rings. The average molecular weight is 240 g/mol. The van der Waals surface area contributed by atoms with Gasteiger partial charge < -0.3 is 0 Å². The third kappa shape index (κ3) is 4.96. The van der Waals surface area contributed by atoms with Gasteiger partial charge in [0.15, 0.2) is 0 Å². The molecule has 94 valence electrons. The summed E-state index contributed by atoms with van der Waals surface area (Å²) in [6.07, 6.45) is 10.6. The summed E-state index contributed by atoms with van der Waals surface area (Å²) in [5.74, 6) is 0.198. The van der Waals surface area contributed by atoms with Gasteiger partial charge in [-0.2, -0.15) is 0 Å². The number of benzene rings is 1. The Morgan fingerprint density at radius 2 is 1.72 bits per heavy atom. The highest BCUT2D eigenvalue weighted by atomic mass is 16.1. The van der Waals surface area contributed by atoms with Crippen molar-refractivity contribution in [3.8, 4) is 0 Å². The third-order valence-electron chi connectivity index (χ3n) is 2.62. The zero-order valence-electron chi connectivity index (χ0n) is 11.3. The predicted molar refractivity (Wildman–Crippen MR) is 78.4 cm³/mol. The largest absolute Gasteiger partial charge is 0.300 e. The van der Waals surface area contributed by atoms with E-state index in [0.29, 0.717) is 6.42 Å². The summed E-state index contributed by atoms with van der Waals surface area (Å²) in [5.41, 5.74) is 3.47. The van der Waals surface area contributed by atoms with Crippen molar-refractivity contribution in [2.45, 2.75) is 27.2 Å². The normalized spacial score (nSPS) is 12.5. The molecule has 1 aromatic carbocycles. The quantitative estimate of drug-likeness (QED) is 0.699. The number of allylic oxidation sites excluding steroid dienone is 6. The number of hydrogen-bond acceptors (Lipinski definition) is 1. The molecule has 0 spiro atoms. The number of ketones is 1. The summed E-state index contributed by atoms with van der Waals surface area (Å²) >= 11 is 0. The first-order valence-corrected chi connectivity index (χ1v) is 6.18. The van der Waals surface area contributed by atoms with E-state index >= 15 is 0 Å². The molecule has 1 aromatic rings. The van der Waals surface area contributed by atoms with E-state index in [9.17, 15) is 4.79 Å². The van der Waals surface area contributed by atoms with Crippen molar-refractivity contribution in [2.24, 2.45) is 0 Å². The highest BCUT2D eigenvalue weighted by Gasteiger charge is 1.98. The van der Waals surface area contributed by atoms with E-state index in [-0.39, 0.29) is 5.78 Å². The molecule has 0 saturated carbocycles. The second-order valence-electron chi connectivity index (χ2n) is 4.34. The lowest BCUT2D eigenvalue weighted by Gasteiger charge is -2.02. The van der Waals surface area contributed by atoms with Gasteiger partial charge in [-0.1, -0.05) is 54.6 Å². The Balaban J connectivity index is 2.75. The molecule has 0 amide bonds. The van der Waals surface area contributed by atoms with Gasteiger partial charge in [0.25, 0.3) is 0 Å². The molecule has 0 radical (unpaired) electrons. The monoisotopic (exact) mass is 240 g/mol. The zero-order chi connectivity index (χ0) is 13.4. The fourth-order valence-corrected chi connectivity index (χ4v) is 1.64. The standard InChI is InChI=1S/C17H20O/c1-4-5-6-7-8-14(2)17-11-9-16(10-12-17)13-15(3)18/h4-12H,13H2,1-3H3/b5-4-,7-6-,14-8+. The van der Waals surface area contributed by atoms with Gasteiger partial charge in [-0.15, -0.1) is 0 Å². The lowest BCUT2D eigenvalue weighted by Crippen LogP contribution is -1.95. The van der Waals surface area contributed by atoms with Gasteiger partial charge >= 0.3 is 0 Å². The van der Waals surface area contributed by atoms with Gasteiger partial charge in [0.2, 0.25) is 0 Å². The van der Waals surface area contributed by atoms with E-state index in [1.54, 1.807) is 6.92 Å². The van der Waals surface area contributed by atoms with Crippen LogP contribution in [0.15, 0.2) is 54.6 Å². The molecule has 0 aliphatic rings. The number of hydrogen-bond donors (Lipinski definition) is 0. The molecule has 18 heavy (non-hydrogen) atoms. The van der Waals surface area contributed by atoms with Crippen molar-refractivity contribution in [3.05, 3.63) is 65.8 Å². The van der Waals surface area contributed by atoms with Crippen molar-refractivity contribution >= 4 is 11.4 Å². The van der Waals surface area contributed by atoms with Crippen LogP contribution in [0.2, 0.25) is 0 Å². The van der Waals surface area contributed by atoms with Crippen LogP contribution in [0.1, 0.15) is 31.9 Å². The first-order chi connectivity index (χ1) is 8.63. The summed E-state index contributed by atoms with van der Waals surface area (Å²) in [6.45, 7) is 5.69. The highest BCUT2D eigenvalue weighted by molar-refractivity contribution is 5.78. The van der Waals surface area contributed by atoms with Crippen LogP contribution in [0, 0.1) is 0 Å². The molecule has 0 N–H and O–H groups in total. The molecule has 0 saturated heterocycles. The Morgan fingerprint density at radius 1 is 1.06 bits per heavy atom. The van der Waals surface area contributed by atoms with Crippen molar-refractivity contribution in [1.29, 1.82) is 0 Å². The number of rotatable bonds is 5. The summed E-state index contributed by atoms with van der Waals surface area (Å²) < 4.78 is 0. The smallest absolute Gasteiger partial charge is 0.134 e. The molecule has 0 aliphatic heterocycles. The maximum atomic E-state index is 11.0. The van der Waals surface area contributed by atoms with Crippen LogP contribution in [0.25, 0.3) is 5.57 Å². The Morgan fingerprint density at radius 3 is 2.28 bits per heavy atom. The van der Waals surface area contributed by atoms with Crippen LogP contribution in [-0.2, 0) is 11.2 Å². The number of Topliss-reactive ketones (excluding diaryl/α,β-unsaturated/α-hetero) is 1. The number of carbonyl (C=O) groups excluding carboxylic acids is 1. The Hall–Kier alpha value is -1.89. The first kappa shape index (κ1) is 14.2. The summed E-state index contributed by atoms with van der Waals surface area (Å²) in [6, 6.07) is 8.16. The molecule has 1 heteroatoms.